The normalized spacial score (nSPS) is 15.4. The van der Waals surface area contributed by atoms with Crippen molar-refractivity contribution in [1.29, 1.82) is 0 Å². The van der Waals surface area contributed by atoms with Crippen LogP contribution in [0.4, 0.5) is 17.1 Å². The van der Waals surface area contributed by atoms with Crippen molar-refractivity contribution < 1.29 is 0 Å². The third-order valence-corrected chi connectivity index (χ3v) is 15.0. The van der Waals surface area contributed by atoms with Gasteiger partial charge in [-0.1, -0.05) is 210 Å². The molecule has 64 heavy (non-hydrogen) atoms. The molecular formula is C63H51N. The highest BCUT2D eigenvalue weighted by atomic mass is 15.1. The van der Waals surface area contributed by atoms with Crippen molar-refractivity contribution in [3.05, 3.63) is 246 Å². The molecule has 1 nitrogen and oxygen atoms in total. The summed E-state index contributed by atoms with van der Waals surface area (Å²) in [4.78, 5) is 2.58. The van der Waals surface area contributed by atoms with Crippen LogP contribution in [0.25, 0.3) is 55.6 Å². The summed E-state index contributed by atoms with van der Waals surface area (Å²) in [7, 11) is 0. The van der Waals surface area contributed by atoms with Crippen LogP contribution in [-0.4, -0.2) is 0 Å². The van der Waals surface area contributed by atoms with Crippen LogP contribution < -0.4 is 4.90 Å². The minimum Gasteiger partial charge on any atom is -0.309 e. The minimum absolute atomic E-state index is 0.0235. The molecule has 12 rings (SSSR count). The van der Waals surface area contributed by atoms with Gasteiger partial charge in [-0.05, 0) is 132 Å². The number of rotatable bonds is 6. The highest BCUT2D eigenvalue weighted by Crippen LogP contribution is 2.65. The predicted molar refractivity (Wildman–Crippen MR) is 269 cm³/mol. The number of nitrogens with zero attached hydrogens (tertiary/aromatic N) is 1. The van der Waals surface area contributed by atoms with Gasteiger partial charge in [-0.15, -0.1) is 0 Å². The molecule has 0 fully saturated rings. The van der Waals surface area contributed by atoms with Crippen LogP contribution in [0, 0.1) is 0 Å². The van der Waals surface area contributed by atoms with Crippen LogP contribution in [0.5, 0.6) is 0 Å². The van der Waals surface area contributed by atoms with E-state index in [1.807, 2.05) is 0 Å². The molecule has 308 valence electrons. The summed E-state index contributed by atoms with van der Waals surface area (Å²) in [6, 6.07) is 79.8. The summed E-state index contributed by atoms with van der Waals surface area (Å²) >= 11 is 0. The fourth-order valence-electron chi connectivity index (χ4n) is 11.9. The molecule has 0 atom stereocenters. The van der Waals surface area contributed by atoms with Crippen molar-refractivity contribution in [2.75, 3.05) is 4.90 Å². The quantitative estimate of drug-likeness (QED) is 0.161. The van der Waals surface area contributed by atoms with Crippen LogP contribution in [0.15, 0.2) is 212 Å². The van der Waals surface area contributed by atoms with Crippen molar-refractivity contribution in [3.63, 3.8) is 0 Å². The molecule has 0 saturated heterocycles. The lowest BCUT2D eigenvalue weighted by atomic mass is 9.61. The van der Waals surface area contributed by atoms with Gasteiger partial charge >= 0.3 is 0 Å². The standard InChI is InChI=1S/C63H51N/c1-61(2)38-39-62(3,4)60-50(28-19-32-56(60)61)52-40-51-49-27-13-17-31-55(49)63(53-29-15-11-25-47(53)48-26-12-16-30-54(48)63)57(51)41-59(52)64(45-36-34-43(35-37-45)42-20-7-5-8-21-42)58-33-18-14-24-46(58)44-22-9-6-10-23-44/h5-37,40-41H,38-39H2,1-4H3. The van der Waals surface area contributed by atoms with Crippen LogP contribution in [-0.2, 0) is 16.2 Å². The lowest BCUT2D eigenvalue weighted by Crippen LogP contribution is -2.34. The summed E-state index contributed by atoms with van der Waals surface area (Å²) < 4.78 is 0. The summed E-state index contributed by atoms with van der Waals surface area (Å²) in [5, 5.41) is 0. The molecule has 0 aliphatic heterocycles. The van der Waals surface area contributed by atoms with Gasteiger partial charge in [0.1, 0.15) is 0 Å². The molecule has 0 bridgehead atoms. The van der Waals surface area contributed by atoms with Gasteiger partial charge in [-0.2, -0.15) is 0 Å². The van der Waals surface area contributed by atoms with Gasteiger partial charge in [0.15, 0.2) is 0 Å². The largest absolute Gasteiger partial charge is 0.309 e. The summed E-state index contributed by atoms with van der Waals surface area (Å²) in [6.07, 6.45) is 2.29. The Morgan fingerprint density at radius 3 is 1.41 bits per heavy atom. The molecule has 3 aliphatic rings. The molecule has 0 radical (unpaired) electrons. The van der Waals surface area contributed by atoms with Crippen molar-refractivity contribution in [3.8, 4) is 55.6 Å². The maximum Gasteiger partial charge on any atom is 0.0726 e. The minimum atomic E-state index is -0.494. The average molecular weight is 822 g/mol. The van der Waals surface area contributed by atoms with Gasteiger partial charge in [-0.25, -0.2) is 0 Å². The van der Waals surface area contributed by atoms with Gasteiger partial charge in [0.25, 0.3) is 0 Å². The monoisotopic (exact) mass is 821 g/mol. The third-order valence-electron chi connectivity index (χ3n) is 15.0. The molecule has 0 unspecified atom stereocenters. The van der Waals surface area contributed by atoms with Crippen molar-refractivity contribution >= 4 is 17.1 Å². The number of fused-ring (bicyclic) bond motifs is 11. The van der Waals surface area contributed by atoms with E-state index in [-0.39, 0.29) is 10.8 Å². The number of anilines is 3. The Morgan fingerprint density at radius 1 is 0.312 bits per heavy atom. The molecule has 0 heterocycles. The Kier molecular flexibility index (Phi) is 8.66. The van der Waals surface area contributed by atoms with Crippen LogP contribution >= 0.6 is 0 Å². The summed E-state index contributed by atoms with van der Waals surface area (Å²) in [6.45, 7) is 9.83. The van der Waals surface area contributed by atoms with Crippen LogP contribution in [0.3, 0.4) is 0 Å². The zero-order valence-corrected chi connectivity index (χ0v) is 37.1. The fourth-order valence-corrected chi connectivity index (χ4v) is 11.9. The van der Waals surface area contributed by atoms with Gasteiger partial charge in [0.2, 0.25) is 0 Å². The number of para-hydroxylation sites is 1. The Balaban J connectivity index is 1.23. The van der Waals surface area contributed by atoms with Crippen molar-refractivity contribution in [2.24, 2.45) is 0 Å². The summed E-state index contributed by atoms with van der Waals surface area (Å²) in [5.41, 5.74) is 23.9. The SMILES string of the molecule is CC1(C)CCC(C)(C)c2c(-c3cc4c(cc3N(c3ccc(-c5ccccc5)cc3)c3ccccc3-c3ccccc3)C3(c5ccccc5-c5ccccc53)c3ccccc3-4)cccc21. The predicted octanol–water partition coefficient (Wildman–Crippen LogP) is 16.8. The lowest BCUT2D eigenvalue weighted by Gasteiger charge is -2.43. The molecule has 9 aromatic carbocycles. The van der Waals surface area contributed by atoms with E-state index in [0.717, 1.165) is 24.2 Å². The van der Waals surface area contributed by atoms with Crippen LogP contribution in [0.1, 0.15) is 73.9 Å². The Hall–Kier alpha value is -7.22. The third kappa shape index (κ3) is 5.63. The molecule has 9 aromatic rings. The second-order valence-corrected chi connectivity index (χ2v) is 19.4. The molecule has 0 saturated carbocycles. The molecule has 1 heteroatoms. The first kappa shape index (κ1) is 38.5. The zero-order valence-electron chi connectivity index (χ0n) is 37.1. The van der Waals surface area contributed by atoms with E-state index in [2.05, 4.69) is 245 Å². The van der Waals surface area contributed by atoms with Crippen LogP contribution in [0.2, 0.25) is 0 Å². The molecule has 1 spiro atoms. The maximum atomic E-state index is 2.61. The van der Waals surface area contributed by atoms with Crippen molar-refractivity contribution in [2.45, 2.75) is 56.8 Å². The van der Waals surface area contributed by atoms with Gasteiger partial charge in [0.05, 0.1) is 16.8 Å². The van der Waals surface area contributed by atoms with E-state index in [1.165, 1.54) is 94.7 Å². The first-order chi connectivity index (χ1) is 31.3. The lowest BCUT2D eigenvalue weighted by molar-refractivity contribution is 0.333. The maximum absolute atomic E-state index is 2.61. The number of hydrogen-bond donors (Lipinski definition) is 0. The highest BCUT2D eigenvalue weighted by Gasteiger charge is 2.52. The van der Waals surface area contributed by atoms with Crippen molar-refractivity contribution in [1.82, 2.24) is 0 Å². The fraction of sp³-hybridized carbons (Fsp3) is 0.143. The van der Waals surface area contributed by atoms with Gasteiger partial charge in [-0.3, -0.25) is 0 Å². The average Bonchev–Trinajstić information content (AvgIpc) is 3.80. The second-order valence-electron chi connectivity index (χ2n) is 19.4. The van der Waals surface area contributed by atoms with E-state index in [4.69, 9.17) is 0 Å². The van der Waals surface area contributed by atoms with E-state index in [9.17, 15) is 0 Å². The Morgan fingerprint density at radius 2 is 0.781 bits per heavy atom. The molecule has 0 aromatic heterocycles. The zero-order chi connectivity index (χ0) is 43.2. The smallest absolute Gasteiger partial charge is 0.0726 e. The van der Waals surface area contributed by atoms with E-state index >= 15 is 0 Å². The summed E-state index contributed by atoms with van der Waals surface area (Å²) in [5.74, 6) is 0. The Bertz CT molecular complexity index is 3220. The molecular weight excluding hydrogens is 771 g/mol. The van der Waals surface area contributed by atoms with E-state index in [1.54, 1.807) is 0 Å². The van der Waals surface area contributed by atoms with E-state index < -0.39 is 5.41 Å². The number of hydrogen-bond acceptors (Lipinski definition) is 1. The first-order valence-electron chi connectivity index (χ1n) is 23.0. The topological polar surface area (TPSA) is 3.24 Å². The molecule has 0 amide bonds. The van der Waals surface area contributed by atoms with E-state index in [0.29, 0.717) is 0 Å². The Labute approximate surface area is 378 Å². The number of benzene rings is 9. The molecule has 3 aliphatic carbocycles. The molecule has 0 N–H and O–H groups in total. The van der Waals surface area contributed by atoms with Gasteiger partial charge < -0.3 is 4.90 Å². The first-order valence-corrected chi connectivity index (χ1v) is 23.0. The second kappa shape index (κ2) is 14.4. The van der Waals surface area contributed by atoms with Gasteiger partial charge in [0, 0.05) is 16.8 Å². The highest BCUT2D eigenvalue weighted by molar-refractivity contribution is 6.02.